The molecule has 1 N–H and O–H groups in total. The smallest absolute Gasteiger partial charge is 0.269 e. The van der Waals surface area contributed by atoms with Crippen molar-refractivity contribution in [3.8, 4) is 27.6 Å². The molecule has 0 saturated carbocycles. The lowest BCUT2D eigenvalue weighted by atomic mass is 10.1. The number of anilines is 1. The second-order valence-electron chi connectivity index (χ2n) is 6.44. The van der Waals surface area contributed by atoms with Crippen molar-refractivity contribution in [3.63, 3.8) is 0 Å². The van der Waals surface area contributed by atoms with Gasteiger partial charge in [-0.15, -0.1) is 11.3 Å². The molecule has 1 amide bonds. The van der Waals surface area contributed by atoms with Crippen molar-refractivity contribution in [1.82, 2.24) is 9.97 Å². The van der Waals surface area contributed by atoms with E-state index in [1.807, 2.05) is 35.7 Å². The Hall–Kier alpha value is -4.11. The summed E-state index contributed by atoms with van der Waals surface area (Å²) < 4.78 is 5.39. The molecule has 0 saturated heterocycles. The summed E-state index contributed by atoms with van der Waals surface area (Å²) in [6.07, 6.45) is 3.45. The van der Waals surface area contributed by atoms with Crippen molar-refractivity contribution in [2.24, 2.45) is 0 Å². The molecule has 31 heavy (non-hydrogen) atoms. The molecule has 4 rings (SSSR count). The fraction of sp³-hybridized carbons (Fsp3) is 0.0455. The minimum absolute atomic E-state index is 0.0391. The molecule has 0 aliphatic rings. The molecule has 2 heterocycles. The summed E-state index contributed by atoms with van der Waals surface area (Å²) in [6, 6.07) is 16.8. The van der Waals surface area contributed by atoms with Gasteiger partial charge in [0, 0.05) is 46.7 Å². The Balaban J connectivity index is 1.39. The van der Waals surface area contributed by atoms with Gasteiger partial charge in [0.15, 0.2) is 6.61 Å². The summed E-state index contributed by atoms with van der Waals surface area (Å²) in [5, 5.41) is 16.3. The van der Waals surface area contributed by atoms with E-state index in [2.05, 4.69) is 15.3 Å². The van der Waals surface area contributed by atoms with Crippen LogP contribution in [0.2, 0.25) is 0 Å². The van der Waals surface area contributed by atoms with Crippen molar-refractivity contribution in [2.45, 2.75) is 0 Å². The molecule has 0 spiro atoms. The fourth-order valence-electron chi connectivity index (χ4n) is 2.80. The van der Waals surface area contributed by atoms with Gasteiger partial charge in [-0.1, -0.05) is 12.1 Å². The Bertz CT molecular complexity index is 1210. The van der Waals surface area contributed by atoms with Crippen molar-refractivity contribution in [3.05, 3.63) is 88.6 Å². The lowest BCUT2D eigenvalue weighted by molar-refractivity contribution is -0.384. The van der Waals surface area contributed by atoms with E-state index in [0.717, 1.165) is 21.8 Å². The van der Waals surface area contributed by atoms with Gasteiger partial charge in [-0.05, 0) is 36.4 Å². The predicted molar refractivity (Wildman–Crippen MR) is 118 cm³/mol. The first-order chi connectivity index (χ1) is 15.1. The fourth-order valence-corrected chi connectivity index (χ4v) is 3.63. The van der Waals surface area contributed by atoms with E-state index >= 15 is 0 Å². The summed E-state index contributed by atoms with van der Waals surface area (Å²) in [6.45, 7) is -0.217. The van der Waals surface area contributed by atoms with E-state index in [-0.39, 0.29) is 18.2 Å². The van der Waals surface area contributed by atoms with Crippen LogP contribution in [-0.2, 0) is 4.79 Å². The number of pyridine rings is 1. The largest absolute Gasteiger partial charge is 0.484 e. The molecule has 0 radical (unpaired) electrons. The zero-order chi connectivity index (χ0) is 21.6. The molecule has 0 fully saturated rings. The lowest BCUT2D eigenvalue weighted by Gasteiger charge is -2.08. The Morgan fingerprint density at radius 3 is 2.58 bits per heavy atom. The SMILES string of the molecule is O=C(COc1ccc([N+](=O)[O-])cc1)Nc1cccc(-c2csc(-c3ccncc3)n2)c1. The van der Waals surface area contributed by atoms with Gasteiger partial charge in [0.1, 0.15) is 10.8 Å². The second-order valence-corrected chi connectivity index (χ2v) is 7.30. The summed E-state index contributed by atoms with van der Waals surface area (Å²) in [4.78, 5) is 31.1. The number of benzene rings is 2. The van der Waals surface area contributed by atoms with Crippen molar-refractivity contribution < 1.29 is 14.5 Å². The number of aromatic nitrogens is 2. The van der Waals surface area contributed by atoms with Crippen LogP contribution in [0.3, 0.4) is 0 Å². The minimum atomic E-state index is -0.494. The average Bonchev–Trinajstić information content (AvgIpc) is 3.29. The third kappa shape index (κ3) is 5.09. The average molecular weight is 432 g/mol. The molecule has 2 aromatic carbocycles. The molecule has 0 atom stereocenters. The number of non-ortho nitro benzene ring substituents is 1. The normalized spacial score (nSPS) is 10.5. The third-order valence-electron chi connectivity index (χ3n) is 4.29. The van der Waals surface area contributed by atoms with E-state index in [1.165, 1.54) is 35.6 Å². The van der Waals surface area contributed by atoms with Crippen LogP contribution in [-0.4, -0.2) is 27.4 Å². The van der Waals surface area contributed by atoms with E-state index < -0.39 is 4.92 Å². The van der Waals surface area contributed by atoms with Crippen LogP contribution in [0.25, 0.3) is 21.8 Å². The maximum absolute atomic E-state index is 12.2. The molecule has 0 aliphatic carbocycles. The number of hydrogen-bond donors (Lipinski definition) is 1. The number of nitrogens with zero attached hydrogens (tertiary/aromatic N) is 3. The number of amides is 1. The van der Waals surface area contributed by atoms with Crippen LogP contribution >= 0.6 is 11.3 Å². The zero-order valence-corrected chi connectivity index (χ0v) is 16.9. The van der Waals surface area contributed by atoms with Crippen LogP contribution in [0.4, 0.5) is 11.4 Å². The number of nitrogens with one attached hydrogen (secondary N) is 1. The Morgan fingerprint density at radius 2 is 1.84 bits per heavy atom. The van der Waals surface area contributed by atoms with Gasteiger partial charge in [0.2, 0.25) is 0 Å². The highest BCUT2D eigenvalue weighted by atomic mass is 32.1. The van der Waals surface area contributed by atoms with Crippen molar-refractivity contribution >= 4 is 28.6 Å². The zero-order valence-electron chi connectivity index (χ0n) is 16.1. The van der Waals surface area contributed by atoms with E-state index in [1.54, 1.807) is 18.5 Å². The Morgan fingerprint density at radius 1 is 1.06 bits per heavy atom. The van der Waals surface area contributed by atoms with E-state index in [4.69, 9.17) is 4.74 Å². The third-order valence-corrected chi connectivity index (χ3v) is 5.18. The highest BCUT2D eigenvalue weighted by Gasteiger charge is 2.10. The Kier molecular flexibility index (Phi) is 5.95. The topological polar surface area (TPSA) is 107 Å². The molecular formula is C22H16N4O4S. The van der Waals surface area contributed by atoms with Gasteiger partial charge in [0.25, 0.3) is 11.6 Å². The first-order valence-electron chi connectivity index (χ1n) is 9.22. The van der Waals surface area contributed by atoms with Crippen LogP contribution in [0.15, 0.2) is 78.4 Å². The van der Waals surface area contributed by atoms with Crippen LogP contribution < -0.4 is 10.1 Å². The number of ether oxygens (including phenoxy) is 1. The second kappa shape index (κ2) is 9.14. The molecule has 8 nitrogen and oxygen atoms in total. The molecule has 0 bridgehead atoms. The van der Waals surface area contributed by atoms with Gasteiger partial charge >= 0.3 is 0 Å². The standard InChI is InChI=1S/C22H16N4O4S/c27-21(13-30-19-6-4-18(5-7-19)26(28)29)24-17-3-1-2-16(12-17)20-14-31-22(25-20)15-8-10-23-11-9-15/h1-12,14H,13H2,(H,24,27). The molecular weight excluding hydrogens is 416 g/mol. The molecule has 4 aromatic rings. The molecule has 9 heteroatoms. The molecule has 0 unspecified atom stereocenters. The predicted octanol–water partition coefficient (Wildman–Crippen LogP) is 4.80. The number of nitro groups is 1. The number of carbonyl (C=O) groups is 1. The summed E-state index contributed by atoms with van der Waals surface area (Å²) in [5.41, 5.74) is 3.27. The number of rotatable bonds is 7. The monoisotopic (exact) mass is 432 g/mol. The summed E-state index contributed by atoms with van der Waals surface area (Å²) >= 11 is 1.54. The quantitative estimate of drug-likeness (QED) is 0.332. The minimum Gasteiger partial charge on any atom is -0.484 e. The highest BCUT2D eigenvalue weighted by Crippen LogP contribution is 2.29. The maximum Gasteiger partial charge on any atom is 0.269 e. The van der Waals surface area contributed by atoms with Gasteiger partial charge in [-0.3, -0.25) is 19.9 Å². The molecule has 2 aromatic heterocycles. The number of thiazole rings is 1. The van der Waals surface area contributed by atoms with E-state index in [0.29, 0.717) is 11.4 Å². The van der Waals surface area contributed by atoms with Gasteiger partial charge in [0.05, 0.1) is 10.6 Å². The number of nitro benzene ring substituents is 1. The van der Waals surface area contributed by atoms with Crippen LogP contribution in [0.5, 0.6) is 5.75 Å². The van der Waals surface area contributed by atoms with Crippen LogP contribution in [0.1, 0.15) is 0 Å². The molecule has 0 aliphatic heterocycles. The van der Waals surface area contributed by atoms with Gasteiger partial charge < -0.3 is 10.1 Å². The summed E-state index contributed by atoms with van der Waals surface area (Å²) in [5.74, 6) is 0.0341. The summed E-state index contributed by atoms with van der Waals surface area (Å²) in [7, 11) is 0. The first-order valence-corrected chi connectivity index (χ1v) is 10.1. The van der Waals surface area contributed by atoms with Crippen LogP contribution in [0, 0.1) is 10.1 Å². The molecule has 154 valence electrons. The maximum atomic E-state index is 12.2. The van der Waals surface area contributed by atoms with Gasteiger partial charge in [-0.2, -0.15) is 0 Å². The Labute approximate surface area is 181 Å². The van der Waals surface area contributed by atoms with Crippen molar-refractivity contribution in [2.75, 3.05) is 11.9 Å². The van der Waals surface area contributed by atoms with Crippen molar-refractivity contribution in [1.29, 1.82) is 0 Å². The number of hydrogen-bond acceptors (Lipinski definition) is 7. The highest BCUT2D eigenvalue weighted by molar-refractivity contribution is 7.13. The number of carbonyl (C=O) groups excluding carboxylic acids is 1. The lowest BCUT2D eigenvalue weighted by Crippen LogP contribution is -2.20. The first kappa shape index (κ1) is 20.2. The van der Waals surface area contributed by atoms with E-state index in [9.17, 15) is 14.9 Å². The van der Waals surface area contributed by atoms with Gasteiger partial charge in [-0.25, -0.2) is 4.98 Å².